The van der Waals surface area contributed by atoms with Crippen molar-refractivity contribution in [1.82, 2.24) is 14.7 Å². The van der Waals surface area contributed by atoms with Crippen LogP contribution in [0.5, 0.6) is 11.5 Å². The van der Waals surface area contributed by atoms with Gasteiger partial charge in [-0.2, -0.15) is 4.68 Å². The van der Waals surface area contributed by atoms with Gasteiger partial charge >= 0.3 is 5.76 Å². The lowest BCUT2D eigenvalue weighted by atomic mass is 10.2. The number of rotatable bonds is 6. The van der Waals surface area contributed by atoms with Gasteiger partial charge in [0.25, 0.3) is 5.89 Å². The van der Waals surface area contributed by atoms with Crippen molar-refractivity contribution in [2.45, 2.75) is 19.5 Å². The highest BCUT2D eigenvalue weighted by Crippen LogP contribution is 2.32. The summed E-state index contributed by atoms with van der Waals surface area (Å²) in [5.74, 6) is 1.00. The average Bonchev–Trinajstić information content (AvgIpc) is 3.40. The molecule has 9 heteroatoms. The first-order chi connectivity index (χ1) is 13.1. The van der Waals surface area contributed by atoms with Gasteiger partial charge in [-0.3, -0.25) is 4.79 Å². The minimum absolute atomic E-state index is 0.0970. The van der Waals surface area contributed by atoms with Gasteiger partial charge in [-0.25, -0.2) is 4.79 Å². The fourth-order valence-electron chi connectivity index (χ4n) is 2.74. The summed E-state index contributed by atoms with van der Waals surface area (Å²) in [7, 11) is 1.72. The Morgan fingerprint density at radius 1 is 1.30 bits per heavy atom. The van der Waals surface area contributed by atoms with Crippen molar-refractivity contribution in [3.05, 3.63) is 51.8 Å². The van der Waals surface area contributed by atoms with Crippen LogP contribution in [0.4, 0.5) is 0 Å². The van der Waals surface area contributed by atoms with Crippen LogP contribution in [-0.2, 0) is 17.9 Å². The summed E-state index contributed by atoms with van der Waals surface area (Å²) in [6.07, 6.45) is 0.150. The van der Waals surface area contributed by atoms with Gasteiger partial charge in [0.1, 0.15) is 0 Å². The molecular formula is C18H17N3O5S. The van der Waals surface area contributed by atoms with Crippen LogP contribution in [-0.4, -0.2) is 34.4 Å². The van der Waals surface area contributed by atoms with Crippen LogP contribution in [0.2, 0.25) is 0 Å². The number of hydrogen-bond acceptors (Lipinski definition) is 7. The first-order valence-corrected chi connectivity index (χ1v) is 9.22. The van der Waals surface area contributed by atoms with Crippen molar-refractivity contribution in [2.24, 2.45) is 0 Å². The zero-order valence-electron chi connectivity index (χ0n) is 14.6. The molecule has 0 atom stereocenters. The summed E-state index contributed by atoms with van der Waals surface area (Å²) in [5, 5.41) is 6.03. The van der Waals surface area contributed by atoms with Gasteiger partial charge in [0, 0.05) is 20.0 Å². The number of aryl methyl sites for hydroxylation is 1. The number of hydrogen-bond donors (Lipinski definition) is 0. The lowest BCUT2D eigenvalue weighted by Crippen LogP contribution is -2.28. The minimum atomic E-state index is -0.565. The van der Waals surface area contributed by atoms with E-state index in [1.54, 1.807) is 11.9 Å². The van der Waals surface area contributed by atoms with Crippen molar-refractivity contribution in [3.63, 3.8) is 0 Å². The molecule has 0 saturated heterocycles. The maximum atomic E-state index is 12.4. The summed E-state index contributed by atoms with van der Waals surface area (Å²) in [4.78, 5) is 26.7. The molecule has 1 amide bonds. The maximum absolute atomic E-state index is 12.4. The van der Waals surface area contributed by atoms with Gasteiger partial charge < -0.3 is 18.8 Å². The minimum Gasteiger partial charge on any atom is -0.454 e. The molecule has 1 aliphatic rings. The molecule has 27 heavy (non-hydrogen) atoms. The highest BCUT2D eigenvalue weighted by Gasteiger charge is 2.17. The van der Waals surface area contributed by atoms with Crippen LogP contribution in [0.25, 0.3) is 10.8 Å². The van der Waals surface area contributed by atoms with E-state index >= 15 is 0 Å². The lowest BCUT2D eigenvalue weighted by molar-refractivity contribution is -0.130. The molecule has 0 bridgehead atoms. The van der Waals surface area contributed by atoms with Crippen molar-refractivity contribution in [3.8, 4) is 22.3 Å². The van der Waals surface area contributed by atoms with Crippen molar-refractivity contribution in [1.29, 1.82) is 0 Å². The molecule has 8 nitrogen and oxygen atoms in total. The SMILES string of the molecule is CN(Cc1ccc2c(c1)OCO2)C(=O)CCn1nc(-c2cccs2)oc1=O. The molecule has 0 spiro atoms. The van der Waals surface area contributed by atoms with Crippen molar-refractivity contribution < 1.29 is 18.7 Å². The lowest BCUT2D eigenvalue weighted by Gasteiger charge is -2.17. The highest BCUT2D eigenvalue weighted by molar-refractivity contribution is 7.13. The van der Waals surface area contributed by atoms with Crippen molar-refractivity contribution >= 4 is 17.2 Å². The van der Waals surface area contributed by atoms with E-state index in [0.717, 1.165) is 10.4 Å². The number of aromatic nitrogens is 2. The number of amides is 1. The third kappa shape index (κ3) is 3.72. The fourth-order valence-corrected chi connectivity index (χ4v) is 3.39. The Kier molecular flexibility index (Phi) is 4.68. The first-order valence-electron chi connectivity index (χ1n) is 8.34. The van der Waals surface area contributed by atoms with Crippen LogP contribution in [0.3, 0.4) is 0 Å². The molecule has 3 aromatic rings. The monoisotopic (exact) mass is 387 g/mol. The topological polar surface area (TPSA) is 86.8 Å². The van der Waals surface area contributed by atoms with E-state index in [9.17, 15) is 9.59 Å². The quantitative estimate of drug-likeness (QED) is 0.645. The third-order valence-corrected chi connectivity index (χ3v) is 5.02. The summed E-state index contributed by atoms with van der Waals surface area (Å²) in [6.45, 7) is 0.815. The van der Waals surface area contributed by atoms with Crippen LogP contribution in [0.15, 0.2) is 44.9 Å². The molecule has 1 aromatic carbocycles. The Morgan fingerprint density at radius 2 is 2.15 bits per heavy atom. The number of carbonyl (C=O) groups excluding carboxylic acids is 1. The Labute approximate surface area is 158 Å². The number of benzene rings is 1. The molecule has 0 aliphatic carbocycles. The van der Waals surface area contributed by atoms with Crippen LogP contribution < -0.4 is 15.2 Å². The van der Waals surface area contributed by atoms with E-state index in [1.165, 1.54) is 16.0 Å². The van der Waals surface area contributed by atoms with Gasteiger partial charge in [-0.15, -0.1) is 16.4 Å². The van der Waals surface area contributed by atoms with Gasteiger partial charge in [0.2, 0.25) is 12.7 Å². The summed E-state index contributed by atoms with van der Waals surface area (Å²) in [6, 6.07) is 9.27. The smallest absolute Gasteiger partial charge is 0.437 e. The van der Waals surface area contributed by atoms with Gasteiger partial charge in [0.05, 0.1) is 11.4 Å². The van der Waals surface area contributed by atoms with Crippen LogP contribution >= 0.6 is 11.3 Å². The Balaban J connectivity index is 1.36. The van der Waals surface area contributed by atoms with E-state index < -0.39 is 5.76 Å². The molecule has 0 unspecified atom stereocenters. The highest BCUT2D eigenvalue weighted by atomic mass is 32.1. The second kappa shape index (κ2) is 7.28. The largest absolute Gasteiger partial charge is 0.454 e. The van der Waals surface area contributed by atoms with E-state index in [0.29, 0.717) is 18.0 Å². The molecule has 0 radical (unpaired) electrons. The number of nitrogens with zero attached hydrogens (tertiary/aromatic N) is 3. The summed E-state index contributed by atoms with van der Waals surface area (Å²) < 4.78 is 17.0. The second-order valence-corrected chi connectivity index (χ2v) is 7.01. The van der Waals surface area contributed by atoms with E-state index in [2.05, 4.69) is 5.10 Å². The predicted octanol–water partition coefficient (Wildman–Crippen LogP) is 2.34. The Bertz CT molecular complexity index is 1010. The molecule has 140 valence electrons. The zero-order valence-corrected chi connectivity index (χ0v) is 15.4. The zero-order chi connectivity index (χ0) is 18.8. The normalized spacial score (nSPS) is 12.3. The van der Waals surface area contributed by atoms with E-state index in [-0.39, 0.29) is 31.6 Å². The van der Waals surface area contributed by atoms with Crippen LogP contribution in [0.1, 0.15) is 12.0 Å². The molecular weight excluding hydrogens is 370 g/mol. The molecule has 2 aromatic heterocycles. The Morgan fingerprint density at radius 3 is 2.96 bits per heavy atom. The molecule has 4 rings (SSSR count). The predicted molar refractivity (Wildman–Crippen MR) is 97.7 cm³/mol. The number of ether oxygens (including phenoxy) is 2. The average molecular weight is 387 g/mol. The van der Waals surface area contributed by atoms with E-state index in [4.69, 9.17) is 13.9 Å². The van der Waals surface area contributed by atoms with Gasteiger partial charge in [0.15, 0.2) is 11.5 Å². The van der Waals surface area contributed by atoms with Crippen LogP contribution in [0, 0.1) is 0 Å². The molecule has 0 saturated carbocycles. The Hall–Kier alpha value is -3.07. The first kappa shape index (κ1) is 17.3. The number of carbonyl (C=O) groups is 1. The summed E-state index contributed by atoms with van der Waals surface area (Å²) in [5.41, 5.74) is 0.939. The third-order valence-electron chi connectivity index (χ3n) is 4.16. The molecule has 1 aliphatic heterocycles. The second-order valence-electron chi connectivity index (χ2n) is 6.06. The number of fused-ring (bicyclic) bond motifs is 1. The van der Waals surface area contributed by atoms with Crippen molar-refractivity contribution in [2.75, 3.05) is 13.8 Å². The molecule has 3 heterocycles. The maximum Gasteiger partial charge on any atom is 0.437 e. The number of thiophene rings is 1. The van der Waals surface area contributed by atoms with E-state index in [1.807, 2.05) is 35.7 Å². The molecule has 0 fully saturated rings. The fraction of sp³-hybridized carbons (Fsp3) is 0.278. The standard InChI is InChI=1S/C18H17N3O5S/c1-20(10-12-4-5-13-14(9-12)25-11-24-13)16(22)6-7-21-18(23)26-17(19-21)15-3-2-8-27-15/h2-5,8-9H,6-7,10-11H2,1H3. The van der Waals surface area contributed by atoms with Gasteiger partial charge in [-0.1, -0.05) is 12.1 Å². The summed E-state index contributed by atoms with van der Waals surface area (Å²) >= 11 is 1.43. The van der Waals surface area contributed by atoms with Gasteiger partial charge in [-0.05, 0) is 29.1 Å². The molecule has 0 N–H and O–H groups in total.